The van der Waals surface area contributed by atoms with Gasteiger partial charge in [0.25, 0.3) is 11.8 Å². The number of rotatable bonds is 6. The Balaban J connectivity index is 1.56. The van der Waals surface area contributed by atoms with Crippen molar-refractivity contribution in [2.45, 2.75) is 39.3 Å². The standard InChI is InChI=1S/C22H23N3O2/c1-15(18-8-9-18)25(14-17-6-4-3-5-7-17)22(26)20-12-10-19(11-13-20)21-23-16(2)24-27-21/h3-7,10-13,15,18H,8-9,14H2,1-2H3. The van der Waals surface area contributed by atoms with E-state index in [0.717, 1.165) is 11.1 Å². The van der Waals surface area contributed by atoms with E-state index in [1.807, 2.05) is 47.4 Å². The molecule has 1 aromatic heterocycles. The fraction of sp³-hybridized carbons (Fsp3) is 0.318. The fourth-order valence-electron chi connectivity index (χ4n) is 3.35. The van der Waals surface area contributed by atoms with E-state index in [9.17, 15) is 4.79 Å². The summed E-state index contributed by atoms with van der Waals surface area (Å²) in [4.78, 5) is 19.5. The molecule has 5 nitrogen and oxygen atoms in total. The van der Waals surface area contributed by atoms with Gasteiger partial charge in [-0.25, -0.2) is 0 Å². The van der Waals surface area contributed by atoms with E-state index in [0.29, 0.717) is 29.7 Å². The monoisotopic (exact) mass is 361 g/mol. The molecule has 0 N–H and O–H groups in total. The minimum Gasteiger partial charge on any atom is -0.334 e. The minimum absolute atomic E-state index is 0.0616. The van der Waals surface area contributed by atoms with Gasteiger partial charge in [-0.3, -0.25) is 4.79 Å². The van der Waals surface area contributed by atoms with E-state index in [4.69, 9.17) is 4.52 Å². The van der Waals surface area contributed by atoms with Crippen molar-refractivity contribution in [3.05, 3.63) is 71.5 Å². The van der Waals surface area contributed by atoms with Crippen molar-refractivity contribution in [1.29, 1.82) is 0 Å². The summed E-state index contributed by atoms with van der Waals surface area (Å²) >= 11 is 0. The van der Waals surface area contributed by atoms with Crippen LogP contribution in [0.25, 0.3) is 11.5 Å². The highest BCUT2D eigenvalue weighted by molar-refractivity contribution is 5.94. The summed E-state index contributed by atoms with van der Waals surface area (Å²) in [7, 11) is 0. The van der Waals surface area contributed by atoms with Gasteiger partial charge in [-0.1, -0.05) is 35.5 Å². The Bertz CT molecular complexity index is 914. The number of hydrogen-bond acceptors (Lipinski definition) is 4. The maximum atomic E-state index is 13.2. The molecule has 1 aliphatic carbocycles. The molecule has 0 spiro atoms. The molecule has 1 fully saturated rings. The molecule has 1 unspecified atom stereocenters. The minimum atomic E-state index is 0.0616. The Kier molecular flexibility index (Phi) is 4.75. The van der Waals surface area contributed by atoms with Crippen molar-refractivity contribution < 1.29 is 9.32 Å². The van der Waals surface area contributed by atoms with Gasteiger partial charge in [0.05, 0.1) is 0 Å². The van der Waals surface area contributed by atoms with Crippen LogP contribution in [0.5, 0.6) is 0 Å². The largest absolute Gasteiger partial charge is 0.334 e. The Morgan fingerprint density at radius 1 is 1.15 bits per heavy atom. The maximum absolute atomic E-state index is 13.2. The molecule has 2 aromatic carbocycles. The van der Waals surface area contributed by atoms with Gasteiger partial charge >= 0.3 is 0 Å². The van der Waals surface area contributed by atoms with Gasteiger partial charge in [0.2, 0.25) is 0 Å². The molecule has 0 aliphatic heterocycles. The van der Waals surface area contributed by atoms with Crippen molar-refractivity contribution in [1.82, 2.24) is 15.0 Å². The number of amides is 1. The normalized spacial score (nSPS) is 14.7. The van der Waals surface area contributed by atoms with E-state index < -0.39 is 0 Å². The summed E-state index contributed by atoms with van der Waals surface area (Å²) < 4.78 is 5.20. The summed E-state index contributed by atoms with van der Waals surface area (Å²) in [6, 6.07) is 17.8. The molecule has 1 atom stereocenters. The van der Waals surface area contributed by atoms with Crippen LogP contribution in [0, 0.1) is 12.8 Å². The van der Waals surface area contributed by atoms with Crippen LogP contribution in [0.15, 0.2) is 59.1 Å². The van der Waals surface area contributed by atoms with Crippen LogP contribution in [0.2, 0.25) is 0 Å². The average molecular weight is 361 g/mol. The Morgan fingerprint density at radius 3 is 2.44 bits per heavy atom. The first-order valence-corrected chi connectivity index (χ1v) is 9.37. The molecule has 1 heterocycles. The van der Waals surface area contributed by atoms with E-state index in [1.54, 1.807) is 6.92 Å². The molecule has 0 bridgehead atoms. The van der Waals surface area contributed by atoms with E-state index in [2.05, 4.69) is 29.2 Å². The second-order valence-corrected chi connectivity index (χ2v) is 7.22. The highest BCUT2D eigenvalue weighted by atomic mass is 16.5. The van der Waals surface area contributed by atoms with Crippen LogP contribution < -0.4 is 0 Å². The Labute approximate surface area is 159 Å². The van der Waals surface area contributed by atoms with Gasteiger partial charge in [-0.05, 0) is 62.4 Å². The second-order valence-electron chi connectivity index (χ2n) is 7.22. The lowest BCUT2D eigenvalue weighted by atomic mass is 10.1. The number of nitrogens with zero attached hydrogens (tertiary/aromatic N) is 3. The summed E-state index contributed by atoms with van der Waals surface area (Å²) in [6.45, 7) is 4.57. The topological polar surface area (TPSA) is 59.2 Å². The lowest BCUT2D eigenvalue weighted by molar-refractivity contribution is 0.0654. The molecule has 4 rings (SSSR count). The molecule has 0 radical (unpaired) electrons. The van der Waals surface area contributed by atoms with Crippen molar-refractivity contribution in [2.24, 2.45) is 5.92 Å². The van der Waals surface area contributed by atoms with Crippen LogP contribution in [-0.4, -0.2) is 27.0 Å². The van der Waals surface area contributed by atoms with E-state index in [-0.39, 0.29) is 11.9 Å². The maximum Gasteiger partial charge on any atom is 0.257 e. The zero-order valence-electron chi connectivity index (χ0n) is 15.6. The first-order valence-electron chi connectivity index (χ1n) is 9.37. The zero-order valence-corrected chi connectivity index (χ0v) is 15.6. The van der Waals surface area contributed by atoms with Gasteiger partial charge in [0.1, 0.15) is 0 Å². The van der Waals surface area contributed by atoms with Crippen molar-refractivity contribution >= 4 is 5.91 Å². The third-order valence-electron chi connectivity index (χ3n) is 5.16. The second kappa shape index (κ2) is 7.35. The quantitative estimate of drug-likeness (QED) is 0.649. The Hall–Kier alpha value is -2.95. The molecule has 1 aliphatic rings. The van der Waals surface area contributed by atoms with Crippen molar-refractivity contribution in [2.75, 3.05) is 0 Å². The first kappa shape index (κ1) is 17.5. The summed E-state index contributed by atoms with van der Waals surface area (Å²) in [5.74, 6) is 1.74. The molecule has 1 amide bonds. The third-order valence-corrected chi connectivity index (χ3v) is 5.16. The zero-order chi connectivity index (χ0) is 18.8. The van der Waals surface area contributed by atoms with E-state index in [1.165, 1.54) is 12.8 Å². The molecule has 0 saturated heterocycles. The smallest absolute Gasteiger partial charge is 0.257 e. The third kappa shape index (κ3) is 3.92. The van der Waals surface area contributed by atoms with Crippen LogP contribution in [0.1, 0.15) is 41.5 Å². The molecular formula is C22H23N3O2. The Morgan fingerprint density at radius 2 is 1.85 bits per heavy atom. The van der Waals surface area contributed by atoms with Crippen molar-refractivity contribution in [3.8, 4) is 11.5 Å². The molecule has 5 heteroatoms. The van der Waals surface area contributed by atoms with Crippen LogP contribution in [-0.2, 0) is 6.54 Å². The van der Waals surface area contributed by atoms with Crippen LogP contribution >= 0.6 is 0 Å². The molecule has 138 valence electrons. The molecular weight excluding hydrogens is 338 g/mol. The van der Waals surface area contributed by atoms with Crippen LogP contribution in [0.4, 0.5) is 0 Å². The summed E-state index contributed by atoms with van der Waals surface area (Å²) in [5, 5.41) is 3.81. The lowest BCUT2D eigenvalue weighted by Gasteiger charge is -2.30. The highest BCUT2D eigenvalue weighted by Crippen LogP contribution is 2.36. The van der Waals surface area contributed by atoms with Gasteiger partial charge < -0.3 is 9.42 Å². The number of benzene rings is 2. The highest BCUT2D eigenvalue weighted by Gasteiger charge is 2.34. The van der Waals surface area contributed by atoms with Gasteiger partial charge in [0.15, 0.2) is 5.82 Å². The molecule has 3 aromatic rings. The number of carbonyl (C=O) groups is 1. The predicted octanol–water partition coefficient (Wildman–Crippen LogP) is 4.49. The lowest BCUT2D eigenvalue weighted by Crippen LogP contribution is -2.39. The van der Waals surface area contributed by atoms with Crippen LogP contribution in [0.3, 0.4) is 0 Å². The number of aromatic nitrogens is 2. The van der Waals surface area contributed by atoms with Crippen molar-refractivity contribution in [3.63, 3.8) is 0 Å². The predicted molar refractivity (Wildman–Crippen MR) is 103 cm³/mol. The first-order chi connectivity index (χ1) is 13.1. The van der Waals surface area contributed by atoms with E-state index >= 15 is 0 Å². The van der Waals surface area contributed by atoms with Gasteiger partial charge in [-0.2, -0.15) is 4.98 Å². The van der Waals surface area contributed by atoms with Gasteiger partial charge in [0, 0.05) is 23.7 Å². The SMILES string of the molecule is Cc1noc(-c2ccc(C(=O)N(Cc3ccccc3)C(C)C3CC3)cc2)n1. The number of carbonyl (C=O) groups excluding carboxylic acids is 1. The molecule has 27 heavy (non-hydrogen) atoms. The average Bonchev–Trinajstić information content (AvgIpc) is 3.47. The summed E-state index contributed by atoms with van der Waals surface area (Å²) in [6.07, 6.45) is 2.41. The fourth-order valence-corrected chi connectivity index (χ4v) is 3.35. The summed E-state index contributed by atoms with van der Waals surface area (Å²) in [5.41, 5.74) is 2.65. The van der Waals surface area contributed by atoms with Gasteiger partial charge in [-0.15, -0.1) is 0 Å². The number of aryl methyl sites for hydroxylation is 1. The molecule has 1 saturated carbocycles. The number of hydrogen-bond donors (Lipinski definition) is 0.